The zero-order valence-corrected chi connectivity index (χ0v) is 20.1. The number of esters is 3. The van der Waals surface area contributed by atoms with Crippen molar-refractivity contribution in [3.05, 3.63) is 11.8 Å². The lowest BCUT2D eigenvalue weighted by atomic mass is 9.97. The first-order chi connectivity index (χ1) is 15.3. The molecular weight excluding hydrogens is 510 g/mol. The fourth-order valence-corrected chi connectivity index (χ4v) is 3.95. The molecular formula is C19H24BrN3O10. The van der Waals surface area contributed by atoms with Gasteiger partial charge in [0.2, 0.25) is 0 Å². The standard InChI is InChI=1S/C19H24BrN3O10/c1-8(24)30-7-12-14(31-9(2)25)15(32-10(3)26)13(16(20)33-12)21-6-11-17(27)22(4)19(29)23(5)18(11)28/h6,12-16,21H,7H2,1-5H3/t12?,13?,14-,15+,16-/m0/s1. The van der Waals surface area contributed by atoms with Gasteiger partial charge in [-0.05, 0) is 0 Å². The minimum atomic E-state index is -1.19. The topological polar surface area (TPSA) is 158 Å². The van der Waals surface area contributed by atoms with Crippen molar-refractivity contribution >= 4 is 51.7 Å². The second-order valence-electron chi connectivity index (χ2n) is 7.24. The van der Waals surface area contributed by atoms with Crippen molar-refractivity contribution in [2.45, 2.75) is 50.1 Å². The largest absolute Gasteiger partial charge is 0.463 e. The van der Waals surface area contributed by atoms with Gasteiger partial charge in [0, 0.05) is 41.1 Å². The second-order valence-corrected chi connectivity index (χ2v) is 8.14. The number of ether oxygens (including phenoxy) is 4. The number of nitrogens with one attached hydrogen (secondary N) is 1. The quantitative estimate of drug-likeness (QED) is 0.153. The van der Waals surface area contributed by atoms with Crippen molar-refractivity contribution in [3.63, 3.8) is 0 Å². The molecule has 0 aliphatic carbocycles. The maximum absolute atomic E-state index is 12.4. The summed E-state index contributed by atoms with van der Waals surface area (Å²) in [7, 11) is 2.44. The molecule has 2 rings (SSSR count). The van der Waals surface area contributed by atoms with Gasteiger partial charge in [0.1, 0.15) is 29.3 Å². The fraction of sp³-hybridized carbons (Fsp3) is 0.579. The van der Waals surface area contributed by atoms with Gasteiger partial charge >= 0.3 is 23.9 Å². The molecule has 0 bridgehead atoms. The first-order valence-electron chi connectivity index (χ1n) is 9.68. The van der Waals surface area contributed by atoms with Crippen LogP contribution in [0.2, 0.25) is 0 Å². The molecule has 2 fully saturated rings. The summed E-state index contributed by atoms with van der Waals surface area (Å²) in [5.74, 6) is -3.70. The smallest absolute Gasteiger partial charge is 0.333 e. The Kier molecular flexibility index (Phi) is 8.55. The number of carbonyl (C=O) groups excluding carboxylic acids is 6. The van der Waals surface area contributed by atoms with Crippen molar-refractivity contribution in [3.8, 4) is 0 Å². The predicted octanol–water partition coefficient (Wildman–Crippen LogP) is -0.575. The molecule has 33 heavy (non-hydrogen) atoms. The number of urea groups is 1. The molecule has 182 valence electrons. The molecule has 0 aromatic carbocycles. The monoisotopic (exact) mass is 533 g/mol. The Balaban J connectivity index is 2.38. The highest BCUT2D eigenvalue weighted by atomic mass is 79.9. The second kappa shape index (κ2) is 10.7. The number of rotatable bonds is 6. The Hall–Kier alpha value is -3.00. The van der Waals surface area contributed by atoms with Crippen molar-refractivity contribution in [1.29, 1.82) is 0 Å². The molecule has 2 unspecified atom stereocenters. The summed E-state index contributed by atoms with van der Waals surface area (Å²) in [5, 5.41) is 1.88. The van der Waals surface area contributed by atoms with E-state index in [1.165, 1.54) is 21.0 Å². The van der Waals surface area contributed by atoms with Crippen LogP contribution in [-0.2, 0) is 42.9 Å². The molecule has 2 saturated heterocycles. The highest BCUT2D eigenvalue weighted by molar-refractivity contribution is 9.09. The normalized spacial score (nSPS) is 27.8. The SMILES string of the molecule is CC(=O)OCC1O[C@H](Br)C(NC=C2C(=O)N(C)C(=O)N(C)C2=O)[C@@H](OC(C)=O)[C@H]1OC(C)=O. The van der Waals surface area contributed by atoms with Gasteiger partial charge in [0.05, 0.1) is 0 Å². The number of hydrogen-bond donors (Lipinski definition) is 1. The molecule has 1 N–H and O–H groups in total. The van der Waals surface area contributed by atoms with E-state index in [0.29, 0.717) is 0 Å². The molecule has 5 atom stereocenters. The Morgan fingerprint density at radius 1 is 0.970 bits per heavy atom. The summed E-state index contributed by atoms with van der Waals surface area (Å²) in [5.41, 5.74) is -0.355. The van der Waals surface area contributed by atoms with Gasteiger partial charge in [-0.15, -0.1) is 0 Å². The van der Waals surface area contributed by atoms with Crippen LogP contribution < -0.4 is 5.32 Å². The van der Waals surface area contributed by atoms with Crippen LogP contribution in [0, 0.1) is 0 Å². The van der Waals surface area contributed by atoms with Gasteiger partial charge in [-0.25, -0.2) is 4.79 Å². The van der Waals surface area contributed by atoms with E-state index in [2.05, 4.69) is 21.2 Å². The molecule has 0 aromatic heterocycles. The summed E-state index contributed by atoms with van der Waals surface area (Å²) in [6.07, 6.45) is -2.29. The molecule has 0 spiro atoms. The van der Waals surface area contributed by atoms with E-state index in [0.717, 1.165) is 29.8 Å². The first kappa shape index (κ1) is 26.3. The molecule has 4 amide bonds. The molecule has 0 saturated carbocycles. The van der Waals surface area contributed by atoms with Crippen LogP contribution in [0.1, 0.15) is 20.8 Å². The van der Waals surface area contributed by atoms with Crippen molar-refractivity contribution in [2.24, 2.45) is 0 Å². The van der Waals surface area contributed by atoms with Crippen molar-refractivity contribution in [2.75, 3.05) is 20.7 Å². The van der Waals surface area contributed by atoms with Crippen molar-refractivity contribution in [1.82, 2.24) is 15.1 Å². The third kappa shape index (κ3) is 6.07. The fourth-order valence-electron chi connectivity index (χ4n) is 3.22. The lowest BCUT2D eigenvalue weighted by Gasteiger charge is -2.43. The van der Waals surface area contributed by atoms with Crippen molar-refractivity contribution < 1.29 is 47.7 Å². The number of nitrogens with zero attached hydrogens (tertiary/aromatic N) is 2. The summed E-state index contributed by atoms with van der Waals surface area (Å²) in [6.45, 7) is 3.17. The van der Waals surface area contributed by atoms with Gasteiger partial charge in [0.25, 0.3) is 11.8 Å². The molecule has 2 heterocycles. The van der Waals surface area contributed by atoms with E-state index in [4.69, 9.17) is 18.9 Å². The van der Waals surface area contributed by atoms with E-state index in [1.54, 1.807) is 0 Å². The molecule has 14 heteroatoms. The van der Waals surface area contributed by atoms with E-state index < -0.39 is 65.1 Å². The maximum Gasteiger partial charge on any atom is 0.333 e. The molecule has 0 radical (unpaired) electrons. The van der Waals surface area contributed by atoms with E-state index in [1.807, 2.05) is 0 Å². The number of alkyl halides is 1. The number of amides is 4. The average molecular weight is 534 g/mol. The highest BCUT2D eigenvalue weighted by Gasteiger charge is 2.49. The minimum absolute atomic E-state index is 0.296. The Bertz CT molecular complexity index is 865. The third-order valence-corrected chi connectivity index (χ3v) is 5.54. The van der Waals surface area contributed by atoms with Crippen LogP contribution in [0.25, 0.3) is 0 Å². The number of likely N-dealkylation sites (N-methyl/N-ethyl adjacent to an activating group) is 2. The lowest BCUT2D eigenvalue weighted by molar-refractivity contribution is -0.210. The predicted molar refractivity (Wildman–Crippen MR) is 111 cm³/mol. The maximum atomic E-state index is 12.4. The van der Waals surface area contributed by atoms with Crippen LogP contribution in [-0.4, -0.2) is 95.6 Å². The third-order valence-electron chi connectivity index (χ3n) is 4.75. The number of halogens is 1. The Labute approximate surface area is 197 Å². The minimum Gasteiger partial charge on any atom is -0.463 e. The summed E-state index contributed by atoms with van der Waals surface area (Å²) < 4.78 is 21.4. The van der Waals surface area contributed by atoms with E-state index in [9.17, 15) is 28.8 Å². The average Bonchev–Trinajstić information content (AvgIpc) is 2.72. The van der Waals surface area contributed by atoms with Crippen LogP contribution in [0.3, 0.4) is 0 Å². The van der Waals surface area contributed by atoms with Gasteiger partial charge in [-0.3, -0.25) is 33.8 Å². The Morgan fingerprint density at radius 2 is 1.48 bits per heavy atom. The number of imide groups is 2. The van der Waals surface area contributed by atoms with Crippen LogP contribution in [0.15, 0.2) is 11.8 Å². The molecule has 0 aromatic rings. The summed E-state index contributed by atoms with van der Waals surface area (Å²) >= 11 is 3.28. The molecule has 2 aliphatic rings. The van der Waals surface area contributed by atoms with Gasteiger partial charge < -0.3 is 24.3 Å². The Morgan fingerprint density at radius 3 is 1.97 bits per heavy atom. The van der Waals surface area contributed by atoms with E-state index >= 15 is 0 Å². The molecule has 13 nitrogen and oxygen atoms in total. The van der Waals surface area contributed by atoms with Crippen LogP contribution in [0.4, 0.5) is 4.79 Å². The summed E-state index contributed by atoms with van der Waals surface area (Å²) in [6, 6.07) is -1.75. The number of barbiturate groups is 1. The van der Waals surface area contributed by atoms with Gasteiger partial charge in [-0.1, -0.05) is 15.9 Å². The van der Waals surface area contributed by atoms with Crippen LogP contribution >= 0.6 is 15.9 Å². The van der Waals surface area contributed by atoms with Crippen LogP contribution in [0.5, 0.6) is 0 Å². The number of carbonyl (C=O) groups is 6. The first-order valence-corrected chi connectivity index (χ1v) is 10.6. The highest BCUT2D eigenvalue weighted by Crippen LogP contribution is 2.30. The summed E-state index contributed by atoms with van der Waals surface area (Å²) in [4.78, 5) is 73.0. The van der Waals surface area contributed by atoms with Gasteiger partial charge in [-0.2, -0.15) is 0 Å². The van der Waals surface area contributed by atoms with Gasteiger partial charge in [0.15, 0.2) is 12.2 Å². The zero-order valence-electron chi connectivity index (χ0n) is 18.5. The zero-order chi connectivity index (χ0) is 25.0. The molecule has 2 aliphatic heterocycles. The van der Waals surface area contributed by atoms with E-state index in [-0.39, 0.29) is 12.2 Å². The number of hydrogen-bond acceptors (Lipinski definition) is 11. The lowest BCUT2D eigenvalue weighted by Crippen LogP contribution is -2.63.